The predicted molar refractivity (Wildman–Crippen MR) is 122 cm³/mol. The van der Waals surface area contributed by atoms with E-state index in [2.05, 4.69) is 10.2 Å². The molecule has 2 rings (SSSR count). The van der Waals surface area contributed by atoms with Crippen molar-refractivity contribution in [2.45, 2.75) is 24.8 Å². The summed E-state index contributed by atoms with van der Waals surface area (Å²) < 4.78 is 25.9. The Balaban J connectivity index is 2.31. The third-order valence-electron chi connectivity index (χ3n) is 4.93. The van der Waals surface area contributed by atoms with Gasteiger partial charge in [-0.3, -0.25) is 9.69 Å². The third kappa shape index (κ3) is 5.53. The zero-order chi connectivity index (χ0) is 22.5. The second kappa shape index (κ2) is 10.6. The zero-order valence-electron chi connectivity index (χ0n) is 17.5. The highest BCUT2D eigenvalue weighted by Gasteiger charge is 2.24. The summed E-state index contributed by atoms with van der Waals surface area (Å²) in [6.45, 7) is 5.94. The molecule has 1 atom stereocenters. The molecule has 2 aromatic rings. The topological polar surface area (TPSA) is 69.7 Å². The van der Waals surface area contributed by atoms with Crippen LogP contribution in [-0.2, 0) is 10.0 Å². The highest BCUT2D eigenvalue weighted by Crippen LogP contribution is 2.27. The number of halogens is 2. The van der Waals surface area contributed by atoms with Gasteiger partial charge < -0.3 is 5.32 Å². The summed E-state index contributed by atoms with van der Waals surface area (Å²) in [4.78, 5) is 15.1. The van der Waals surface area contributed by atoms with E-state index in [1.165, 1.54) is 32.3 Å². The maximum atomic E-state index is 12.9. The van der Waals surface area contributed by atoms with Gasteiger partial charge >= 0.3 is 0 Å². The summed E-state index contributed by atoms with van der Waals surface area (Å²) in [5, 5.41) is 3.70. The maximum absolute atomic E-state index is 12.9. The number of hydrogen-bond donors (Lipinski definition) is 1. The van der Waals surface area contributed by atoms with E-state index < -0.39 is 15.9 Å². The molecule has 0 bridgehead atoms. The fourth-order valence-electron chi connectivity index (χ4n) is 3.18. The Hall–Kier alpha value is -1.64. The molecule has 2 aromatic carbocycles. The molecule has 1 amide bonds. The van der Waals surface area contributed by atoms with Gasteiger partial charge in [0.05, 0.1) is 21.5 Å². The Morgan fingerprint density at radius 2 is 1.67 bits per heavy atom. The highest BCUT2D eigenvalue weighted by atomic mass is 35.5. The first kappa shape index (κ1) is 24.6. The summed E-state index contributed by atoms with van der Waals surface area (Å²) in [7, 11) is -0.817. The zero-order valence-corrected chi connectivity index (χ0v) is 19.9. The Kier molecular flexibility index (Phi) is 8.70. The number of rotatable bonds is 9. The molecule has 0 radical (unpaired) electrons. The monoisotopic (exact) mass is 471 g/mol. The minimum absolute atomic E-state index is 0.00782. The van der Waals surface area contributed by atoms with E-state index in [9.17, 15) is 13.2 Å². The number of nitrogens with zero attached hydrogens (tertiary/aromatic N) is 2. The van der Waals surface area contributed by atoms with Crippen molar-refractivity contribution in [3.05, 3.63) is 63.6 Å². The van der Waals surface area contributed by atoms with Crippen molar-refractivity contribution in [1.29, 1.82) is 0 Å². The van der Waals surface area contributed by atoms with Gasteiger partial charge in [-0.05, 0) is 42.9 Å². The van der Waals surface area contributed by atoms with Crippen LogP contribution in [0.25, 0.3) is 0 Å². The first-order valence-electron chi connectivity index (χ1n) is 9.62. The molecular formula is C21H27Cl2N3O3S. The van der Waals surface area contributed by atoms with Crippen molar-refractivity contribution in [1.82, 2.24) is 14.5 Å². The van der Waals surface area contributed by atoms with Crippen molar-refractivity contribution in [3.8, 4) is 0 Å². The van der Waals surface area contributed by atoms with E-state index in [0.717, 1.165) is 23.0 Å². The lowest BCUT2D eigenvalue weighted by Gasteiger charge is -2.31. The van der Waals surface area contributed by atoms with Crippen molar-refractivity contribution >= 4 is 39.1 Å². The number of carbonyl (C=O) groups excluding carboxylic acids is 1. The number of likely N-dealkylation sites (N-methyl/N-ethyl adjacent to an activating group) is 1. The average molecular weight is 472 g/mol. The van der Waals surface area contributed by atoms with Gasteiger partial charge in [-0.25, -0.2) is 12.7 Å². The lowest BCUT2D eigenvalue weighted by atomic mass is 10.0. The van der Waals surface area contributed by atoms with Crippen LogP contribution >= 0.6 is 23.2 Å². The summed E-state index contributed by atoms with van der Waals surface area (Å²) in [6.07, 6.45) is 0. The van der Waals surface area contributed by atoms with E-state index >= 15 is 0 Å². The van der Waals surface area contributed by atoms with Crippen LogP contribution in [-0.4, -0.2) is 57.3 Å². The predicted octanol–water partition coefficient (Wildman–Crippen LogP) is 4.06. The Morgan fingerprint density at radius 3 is 2.23 bits per heavy atom. The summed E-state index contributed by atoms with van der Waals surface area (Å²) >= 11 is 12.6. The van der Waals surface area contributed by atoms with E-state index in [1.54, 1.807) is 0 Å². The molecule has 0 aromatic heterocycles. The van der Waals surface area contributed by atoms with Crippen LogP contribution < -0.4 is 5.32 Å². The smallest absolute Gasteiger partial charge is 0.252 e. The Labute approximate surface area is 188 Å². The van der Waals surface area contributed by atoms with Gasteiger partial charge in [0.15, 0.2) is 0 Å². The van der Waals surface area contributed by atoms with E-state index in [4.69, 9.17) is 23.2 Å². The van der Waals surface area contributed by atoms with Crippen LogP contribution in [0.1, 0.15) is 35.8 Å². The number of carbonyl (C=O) groups is 1. The van der Waals surface area contributed by atoms with Crippen LogP contribution in [0.3, 0.4) is 0 Å². The quantitative estimate of drug-likeness (QED) is 0.598. The molecular weight excluding hydrogens is 445 g/mol. The first-order chi connectivity index (χ1) is 14.1. The van der Waals surface area contributed by atoms with Gasteiger partial charge in [0, 0.05) is 25.7 Å². The summed E-state index contributed by atoms with van der Waals surface area (Å²) in [5.74, 6) is -0.444. The molecule has 1 unspecified atom stereocenters. The van der Waals surface area contributed by atoms with Crippen LogP contribution in [0.5, 0.6) is 0 Å². The number of amides is 1. The van der Waals surface area contributed by atoms with Crippen molar-refractivity contribution in [2.24, 2.45) is 0 Å². The molecule has 9 heteroatoms. The van der Waals surface area contributed by atoms with Crippen LogP contribution in [0.2, 0.25) is 10.0 Å². The Bertz CT molecular complexity index is 993. The minimum Gasteiger partial charge on any atom is -0.350 e. The fraction of sp³-hybridized carbons (Fsp3) is 0.381. The van der Waals surface area contributed by atoms with Gasteiger partial charge in [-0.2, -0.15) is 0 Å². The lowest BCUT2D eigenvalue weighted by Crippen LogP contribution is -2.38. The molecule has 0 saturated heterocycles. The van der Waals surface area contributed by atoms with Gasteiger partial charge in [0.2, 0.25) is 10.0 Å². The molecule has 0 saturated carbocycles. The molecule has 0 heterocycles. The normalized spacial score (nSPS) is 12.9. The molecule has 0 spiro atoms. The van der Waals surface area contributed by atoms with Crippen LogP contribution in [0, 0.1) is 0 Å². The molecule has 0 fully saturated rings. The van der Waals surface area contributed by atoms with Gasteiger partial charge in [0.25, 0.3) is 5.91 Å². The van der Waals surface area contributed by atoms with Crippen molar-refractivity contribution in [3.63, 3.8) is 0 Å². The molecule has 6 nitrogen and oxygen atoms in total. The minimum atomic E-state index is -3.68. The number of sulfonamides is 1. The molecule has 30 heavy (non-hydrogen) atoms. The Morgan fingerprint density at radius 1 is 1.03 bits per heavy atom. The second-order valence-corrected chi connectivity index (χ2v) is 9.86. The lowest BCUT2D eigenvalue weighted by molar-refractivity contribution is 0.0935. The van der Waals surface area contributed by atoms with Crippen molar-refractivity contribution < 1.29 is 13.2 Å². The summed E-state index contributed by atoms with van der Waals surface area (Å²) in [5.41, 5.74) is 1.02. The fourth-order valence-corrected chi connectivity index (χ4v) is 4.57. The van der Waals surface area contributed by atoms with Gasteiger partial charge in [-0.1, -0.05) is 55.2 Å². The molecule has 0 aliphatic heterocycles. The van der Waals surface area contributed by atoms with E-state index in [-0.39, 0.29) is 21.5 Å². The molecule has 0 aliphatic carbocycles. The number of benzene rings is 2. The third-order valence-corrected chi connectivity index (χ3v) is 7.42. The largest absolute Gasteiger partial charge is 0.350 e. The van der Waals surface area contributed by atoms with E-state index in [1.807, 2.05) is 38.1 Å². The molecule has 1 N–H and O–H groups in total. The van der Waals surface area contributed by atoms with Gasteiger partial charge in [0.1, 0.15) is 0 Å². The average Bonchev–Trinajstić information content (AvgIpc) is 2.71. The van der Waals surface area contributed by atoms with Crippen molar-refractivity contribution in [2.75, 3.05) is 33.7 Å². The van der Waals surface area contributed by atoms with Gasteiger partial charge in [-0.15, -0.1) is 0 Å². The SMILES string of the molecule is CCN(CC)C(CNC(=O)c1cc(S(=O)(=O)N(C)C)ccc1Cl)c1ccccc1Cl. The second-order valence-electron chi connectivity index (χ2n) is 6.90. The number of nitrogens with one attached hydrogen (secondary N) is 1. The standard InChI is InChI=1S/C21H27Cl2N3O3S/c1-5-26(6-2)20(16-9-7-8-10-18(16)22)14-24-21(27)17-13-15(11-12-19(17)23)30(28,29)25(3)4/h7-13,20H,5-6,14H2,1-4H3,(H,24,27). The van der Waals surface area contributed by atoms with Crippen LogP contribution in [0.15, 0.2) is 47.4 Å². The molecule has 164 valence electrons. The maximum Gasteiger partial charge on any atom is 0.252 e. The number of hydrogen-bond acceptors (Lipinski definition) is 4. The van der Waals surface area contributed by atoms with E-state index in [0.29, 0.717) is 11.6 Å². The van der Waals surface area contributed by atoms with Crippen LogP contribution in [0.4, 0.5) is 0 Å². The molecule has 0 aliphatic rings. The highest BCUT2D eigenvalue weighted by molar-refractivity contribution is 7.89. The summed E-state index contributed by atoms with van der Waals surface area (Å²) in [6, 6.07) is 11.5. The first-order valence-corrected chi connectivity index (χ1v) is 11.8.